The van der Waals surface area contributed by atoms with Gasteiger partial charge in [-0.15, -0.1) is 11.3 Å². The van der Waals surface area contributed by atoms with E-state index in [2.05, 4.69) is 10.0 Å². The number of rotatable bonds is 7. The van der Waals surface area contributed by atoms with Crippen molar-refractivity contribution in [2.24, 2.45) is 5.92 Å². The van der Waals surface area contributed by atoms with Crippen molar-refractivity contribution in [1.82, 2.24) is 10.0 Å². The molecule has 6 heteroatoms. The van der Waals surface area contributed by atoms with Crippen molar-refractivity contribution in [1.29, 1.82) is 0 Å². The molecule has 1 aliphatic rings. The maximum atomic E-state index is 12.7. The van der Waals surface area contributed by atoms with Gasteiger partial charge >= 0.3 is 0 Å². The fourth-order valence-corrected chi connectivity index (χ4v) is 5.37. The lowest BCUT2D eigenvalue weighted by molar-refractivity contribution is 0.577. The molecule has 0 spiro atoms. The molecule has 1 aromatic carbocycles. The summed E-state index contributed by atoms with van der Waals surface area (Å²) in [4.78, 5) is 1.35. The van der Waals surface area contributed by atoms with E-state index in [1.807, 2.05) is 31.2 Å². The minimum atomic E-state index is -3.44. The quantitative estimate of drug-likeness (QED) is 0.823. The number of hydrogen-bond acceptors (Lipinski definition) is 4. The number of nitrogens with one attached hydrogen (secondary N) is 2. The second kappa shape index (κ2) is 6.04. The van der Waals surface area contributed by atoms with Gasteiger partial charge in [0.15, 0.2) is 0 Å². The Kier molecular flexibility index (Phi) is 4.31. The molecule has 1 saturated carbocycles. The second-order valence-electron chi connectivity index (χ2n) is 5.43. The number of hydrogen-bond donors (Lipinski definition) is 2. The molecule has 0 unspecified atom stereocenters. The molecule has 1 aromatic heterocycles. The van der Waals surface area contributed by atoms with Crippen molar-refractivity contribution in [2.45, 2.75) is 31.2 Å². The number of fused-ring (bicyclic) bond motifs is 1. The van der Waals surface area contributed by atoms with E-state index in [4.69, 9.17) is 0 Å². The maximum Gasteiger partial charge on any atom is 0.242 e. The molecule has 2 aromatic rings. The molecule has 0 aliphatic heterocycles. The molecular weight excluding hydrogens is 304 g/mol. The lowest BCUT2D eigenvalue weighted by Gasteiger charge is -2.08. The van der Waals surface area contributed by atoms with Crippen LogP contribution in [0.15, 0.2) is 29.2 Å². The van der Waals surface area contributed by atoms with E-state index < -0.39 is 10.0 Å². The Morgan fingerprint density at radius 2 is 2.05 bits per heavy atom. The minimum absolute atomic E-state index is 0.463. The standard InChI is InChI=1S/C15H20N2O2S2/c1-2-16-10-14-15(12-5-3-4-6-13(12)20-14)21(18,19)17-9-11-7-8-11/h3-6,11,16-17H,2,7-10H2,1H3. The first-order valence-corrected chi connectivity index (χ1v) is 9.62. The molecule has 1 fully saturated rings. The van der Waals surface area contributed by atoms with E-state index in [-0.39, 0.29) is 0 Å². The molecule has 1 aliphatic carbocycles. The van der Waals surface area contributed by atoms with E-state index in [9.17, 15) is 8.42 Å². The van der Waals surface area contributed by atoms with E-state index in [1.54, 1.807) is 11.3 Å². The SMILES string of the molecule is CCNCc1sc2ccccc2c1S(=O)(=O)NCC1CC1. The van der Waals surface area contributed by atoms with Gasteiger partial charge in [-0.25, -0.2) is 13.1 Å². The van der Waals surface area contributed by atoms with E-state index in [0.717, 1.165) is 34.3 Å². The van der Waals surface area contributed by atoms with Crippen LogP contribution in [-0.2, 0) is 16.6 Å². The van der Waals surface area contributed by atoms with Crippen LogP contribution in [0.4, 0.5) is 0 Å². The van der Waals surface area contributed by atoms with Crippen LogP contribution in [0.5, 0.6) is 0 Å². The van der Waals surface area contributed by atoms with Gasteiger partial charge < -0.3 is 5.32 Å². The minimum Gasteiger partial charge on any atom is -0.312 e. The van der Waals surface area contributed by atoms with Gasteiger partial charge in [0.05, 0.1) is 0 Å². The molecule has 21 heavy (non-hydrogen) atoms. The Morgan fingerprint density at radius 3 is 2.76 bits per heavy atom. The van der Waals surface area contributed by atoms with Crippen LogP contribution in [0.3, 0.4) is 0 Å². The normalized spacial score (nSPS) is 15.7. The fraction of sp³-hybridized carbons (Fsp3) is 0.467. The molecule has 3 rings (SSSR count). The summed E-state index contributed by atoms with van der Waals surface area (Å²) in [7, 11) is -3.44. The van der Waals surface area contributed by atoms with Crippen LogP contribution in [-0.4, -0.2) is 21.5 Å². The number of benzene rings is 1. The summed E-state index contributed by atoms with van der Waals surface area (Å²) < 4.78 is 29.2. The second-order valence-corrected chi connectivity index (χ2v) is 8.27. The third-order valence-corrected chi connectivity index (χ3v) is 6.53. The Morgan fingerprint density at radius 1 is 1.29 bits per heavy atom. The molecule has 0 saturated heterocycles. The highest BCUT2D eigenvalue weighted by Crippen LogP contribution is 2.35. The van der Waals surface area contributed by atoms with E-state index in [0.29, 0.717) is 23.9 Å². The van der Waals surface area contributed by atoms with Gasteiger partial charge in [-0.05, 0) is 31.4 Å². The maximum absolute atomic E-state index is 12.7. The number of sulfonamides is 1. The molecule has 0 bridgehead atoms. The lowest BCUT2D eigenvalue weighted by Crippen LogP contribution is -2.27. The zero-order chi connectivity index (χ0) is 14.9. The van der Waals surface area contributed by atoms with Crippen molar-refractivity contribution in [3.05, 3.63) is 29.1 Å². The van der Waals surface area contributed by atoms with E-state index in [1.165, 1.54) is 0 Å². The average Bonchev–Trinajstić information content (AvgIpc) is 3.22. The summed E-state index contributed by atoms with van der Waals surface area (Å²) >= 11 is 1.56. The van der Waals surface area contributed by atoms with Crippen LogP contribution in [0.1, 0.15) is 24.6 Å². The molecule has 0 radical (unpaired) electrons. The molecular formula is C15H20N2O2S2. The van der Waals surface area contributed by atoms with Crippen molar-refractivity contribution in [2.75, 3.05) is 13.1 Å². The molecule has 4 nitrogen and oxygen atoms in total. The first kappa shape index (κ1) is 15.0. The third kappa shape index (κ3) is 3.29. The zero-order valence-electron chi connectivity index (χ0n) is 12.1. The summed E-state index contributed by atoms with van der Waals surface area (Å²) in [5.74, 6) is 0.530. The highest BCUT2D eigenvalue weighted by atomic mass is 32.2. The summed E-state index contributed by atoms with van der Waals surface area (Å²) in [6.45, 7) is 4.00. The van der Waals surface area contributed by atoms with Crippen LogP contribution in [0, 0.1) is 5.92 Å². The lowest BCUT2D eigenvalue weighted by atomic mass is 10.2. The van der Waals surface area contributed by atoms with Crippen LogP contribution in [0.2, 0.25) is 0 Å². The van der Waals surface area contributed by atoms with Crippen molar-refractivity contribution < 1.29 is 8.42 Å². The molecule has 0 amide bonds. The highest BCUT2D eigenvalue weighted by molar-refractivity contribution is 7.90. The topological polar surface area (TPSA) is 58.2 Å². The van der Waals surface area contributed by atoms with Crippen molar-refractivity contribution >= 4 is 31.4 Å². The van der Waals surface area contributed by atoms with Crippen LogP contribution >= 0.6 is 11.3 Å². The van der Waals surface area contributed by atoms with Crippen molar-refractivity contribution in [3.63, 3.8) is 0 Å². The van der Waals surface area contributed by atoms with Gasteiger partial charge in [0.1, 0.15) is 4.90 Å². The Balaban J connectivity index is 2.00. The van der Waals surface area contributed by atoms with Gasteiger partial charge in [0, 0.05) is 28.1 Å². The largest absolute Gasteiger partial charge is 0.312 e. The van der Waals surface area contributed by atoms with Gasteiger partial charge in [-0.3, -0.25) is 0 Å². The Hall–Kier alpha value is -0.950. The molecule has 1 heterocycles. The van der Waals surface area contributed by atoms with Gasteiger partial charge in [-0.2, -0.15) is 0 Å². The van der Waals surface area contributed by atoms with Crippen LogP contribution < -0.4 is 10.0 Å². The fourth-order valence-electron chi connectivity index (χ4n) is 2.34. The Labute approximate surface area is 129 Å². The third-order valence-electron chi connectivity index (χ3n) is 3.68. The summed E-state index contributed by atoms with van der Waals surface area (Å²) in [5.41, 5.74) is 0. The first-order valence-electron chi connectivity index (χ1n) is 7.32. The van der Waals surface area contributed by atoms with Crippen molar-refractivity contribution in [3.8, 4) is 0 Å². The molecule has 114 valence electrons. The van der Waals surface area contributed by atoms with Gasteiger partial charge in [-0.1, -0.05) is 25.1 Å². The van der Waals surface area contributed by atoms with Gasteiger partial charge in [0.2, 0.25) is 10.0 Å². The Bertz CT molecular complexity index is 733. The molecule has 0 atom stereocenters. The zero-order valence-corrected chi connectivity index (χ0v) is 13.7. The predicted molar refractivity (Wildman–Crippen MR) is 87.1 cm³/mol. The van der Waals surface area contributed by atoms with Gasteiger partial charge in [0.25, 0.3) is 0 Å². The van der Waals surface area contributed by atoms with E-state index >= 15 is 0 Å². The highest BCUT2D eigenvalue weighted by Gasteiger charge is 2.28. The van der Waals surface area contributed by atoms with Crippen LogP contribution in [0.25, 0.3) is 10.1 Å². The molecule has 2 N–H and O–H groups in total. The number of thiophene rings is 1. The first-order chi connectivity index (χ1) is 10.1. The predicted octanol–water partition coefficient (Wildman–Crippen LogP) is 2.70. The summed E-state index contributed by atoms with van der Waals surface area (Å²) in [6.07, 6.45) is 2.27. The summed E-state index contributed by atoms with van der Waals surface area (Å²) in [6, 6.07) is 7.72. The smallest absolute Gasteiger partial charge is 0.242 e. The monoisotopic (exact) mass is 324 g/mol. The summed E-state index contributed by atoms with van der Waals surface area (Å²) in [5, 5.41) is 4.07. The average molecular weight is 324 g/mol.